The average Bonchev–Trinajstić information content (AvgIpc) is 3.78. The Kier molecular flexibility index (Phi) is 7.38. The number of fused-ring (bicyclic) bond motifs is 6. The number of rotatable bonds is 5. The van der Waals surface area contributed by atoms with Crippen molar-refractivity contribution in [3.8, 4) is 0 Å². The van der Waals surface area contributed by atoms with Crippen LogP contribution in [0.5, 0.6) is 0 Å². The number of hydrogen-bond donors (Lipinski definition) is 1. The predicted octanol–water partition coefficient (Wildman–Crippen LogP) is 8.55. The monoisotopic (exact) mass is 592 g/mol. The zero-order valence-electron chi connectivity index (χ0n) is 29.0. The van der Waals surface area contributed by atoms with Crippen molar-refractivity contribution in [3.05, 3.63) is 11.1 Å². The Morgan fingerprint density at radius 2 is 1.56 bits per heavy atom. The molecule has 4 saturated carbocycles. The van der Waals surface area contributed by atoms with E-state index in [0.717, 1.165) is 56.7 Å². The molecular weight excluding hydrogens is 528 g/mol. The van der Waals surface area contributed by atoms with Gasteiger partial charge in [0, 0.05) is 13.1 Å². The topological polar surface area (TPSA) is 44.9 Å². The van der Waals surface area contributed by atoms with E-state index in [1.165, 1.54) is 83.7 Å². The number of carbonyl (C=O) groups excluding carboxylic acids is 1. The fraction of sp³-hybridized carbons (Fsp3) is 0.923. The molecular formula is C39H64N2O2. The van der Waals surface area contributed by atoms with Crippen molar-refractivity contribution < 1.29 is 9.53 Å². The van der Waals surface area contributed by atoms with Crippen LogP contribution in [-0.4, -0.2) is 49.7 Å². The van der Waals surface area contributed by atoms with Crippen LogP contribution in [-0.2, 0) is 9.53 Å². The highest BCUT2D eigenvalue weighted by atomic mass is 16.6. The van der Waals surface area contributed by atoms with Gasteiger partial charge in [-0.15, -0.1) is 0 Å². The first-order chi connectivity index (χ1) is 20.3. The standard InChI is InChI=1S/C39H64N2O2/c1-34(2)17-19-39(33(42)40-21-24-41-22-9-8-10-23-41)20-18-37(6)27(29(39)25-34)11-12-32-36(5)15-13-28(30-26-43-30)35(3,4)31(36)14-16-38(32,37)7/h28,30-32H,8-26H2,1-7H3,(H,40,42)/t28-,30?,31+,32-,36+,37-,38-,39+/m1/s1. The van der Waals surface area contributed by atoms with Crippen molar-refractivity contribution in [1.29, 1.82) is 0 Å². The Morgan fingerprint density at radius 3 is 2.28 bits per heavy atom. The van der Waals surface area contributed by atoms with E-state index in [4.69, 9.17) is 4.74 Å². The molecule has 43 heavy (non-hydrogen) atoms. The largest absolute Gasteiger partial charge is 0.373 e. The Bertz CT molecular complexity index is 1150. The van der Waals surface area contributed by atoms with Crippen LogP contribution >= 0.6 is 0 Å². The number of hydrogen-bond acceptors (Lipinski definition) is 3. The Labute approximate surface area is 263 Å². The number of nitrogens with zero attached hydrogens (tertiary/aromatic N) is 1. The van der Waals surface area contributed by atoms with Crippen LogP contribution in [0, 0.1) is 50.2 Å². The lowest BCUT2D eigenvalue weighted by Gasteiger charge is -2.71. The minimum atomic E-state index is -0.263. The van der Waals surface area contributed by atoms with Crippen molar-refractivity contribution in [2.45, 2.75) is 144 Å². The molecule has 2 aliphatic heterocycles. The summed E-state index contributed by atoms with van der Waals surface area (Å²) in [5.74, 6) is 2.67. The van der Waals surface area contributed by atoms with Crippen molar-refractivity contribution in [3.63, 3.8) is 0 Å². The molecule has 2 saturated heterocycles. The molecule has 1 unspecified atom stereocenters. The SMILES string of the molecule is CC1(C)CC[C@]2(C(=O)NCCN3CCCCC3)CC[C@]3(C)C(=C2C1)CC[C@@H]1[C@@]2(C)CC[C@H](C4CO4)C(C)(C)[C@@H]2CC[C@]13C. The highest BCUT2D eigenvalue weighted by molar-refractivity contribution is 5.87. The number of epoxide rings is 1. The summed E-state index contributed by atoms with van der Waals surface area (Å²) in [6.45, 7) is 23.5. The maximum Gasteiger partial charge on any atom is 0.230 e. The molecule has 1 N–H and O–H groups in total. The summed E-state index contributed by atoms with van der Waals surface area (Å²) in [5.41, 5.74) is 4.67. The van der Waals surface area contributed by atoms with Crippen molar-refractivity contribution in [1.82, 2.24) is 10.2 Å². The van der Waals surface area contributed by atoms with E-state index >= 15 is 0 Å². The second-order valence-electron chi connectivity index (χ2n) is 18.8. The smallest absolute Gasteiger partial charge is 0.230 e. The van der Waals surface area contributed by atoms with Gasteiger partial charge in [-0.05, 0) is 141 Å². The van der Waals surface area contributed by atoms with Crippen LogP contribution in [0.3, 0.4) is 0 Å². The van der Waals surface area contributed by atoms with Crippen LogP contribution < -0.4 is 5.32 Å². The van der Waals surface area contributed by atoms with E-state index in [1.54, 1.807) is 11.1 Å². The van der Waals surface area contributed by atoms with Gasteiger partial charge in [0.15, 0.2) is 0 Å². The van der Waals surface area contributed by atoms with Gasteiger partial charge in [-0.25, -0.2) is 0 Å². The average molecular weight is 593 g/mol. The fourth-order valence-corrected chi connectivity index (χ4v) is 13.3. The predicted molar refractivity (Wildman–Crippen MR) is 176 cm³/mol. The highest BCUT2D eigenvalue weighted by Crippen LogP contribution is 2.76. The summed E-state index contributed by atoms with van der Waals surface area (Å²) in [6.07, 6.45) is 18.1. The van der Waals surface area contributed by atoms with E-state index in [9.17, 15) is 4.79 Å². The lowest BCUT2D eigenvalue weighted by molar-refractivity contribution is -0.195. The van der Waals surface area contributed by atoms with Gasteiger partial charge >= 0.3 is 0 Å². The van der Waals surface area contributed by atoms with Crippen molar-refractivity contribution in [2.24, 2.45) is 50.2 Å². The van der Waals surface area contributed by atoms with Crippen LogP contribution in [0.15, 0.2) is 11.1 Å². The minimum Gasteiger partial charge on any atom is -0.373 e. The summed E-state index contributed by atoms with van der Waals surface area (Å²) in [5, 5.41) is 3.54. The van der Waals surface area contributed by atoms with Crippen LogP contribution in [0.25, 0.3) is 0 Å². The number of amides is 1. The molecule has 7 rings (SSSR count). The molecule has 5 aliphatic carbocycles. The maximum absolute atomic E-state index is 14.4. The molecule has 0 aromatic rings. The van der Waals surface area contributed by atoms with Crippen molar-refractivity contribution >= 4 is 5.91 Å². The molecule has 8 atom stereocenters. The lowest BCUT2D eigenvalue weighted by Crippen LogP contribution is -2.64. The van der Waals surface area contributed by atoms with Crippen LogP contribution in [0.2, 0.25) is 0 Å². The Balaban J connectivity index is 1.19. The van der Waals surface area contributed by atoms with E-state index in [2.05, 4.69) is 58.7 Å². The third-order valence-electron chi connectivity index (χ3n) is 16.1. The number of piperidine rings is 1. The Morgan fingerprint density at radius 1 is 0.837 bits per heavy atom. The number of carbonyl (C=O) groups is 1. The molecule has 0 bridgehead atoms. The van der Waals surface area contributed by atoms with Crippen molar-refractivity contribution in [2.75, 3.05) is 32.8 Å². The third-order valence-corrected chi connectivity index (χ3v) is 16.1. The lowest BCUT2D eigenvalue weighted by atomic mass is 9.33. The first kappa shape index (κ1) is 30.8. The van der Waals surface area contributed by atoms with Gasteiger partial charge in [-0.3, -0.25) is 4.79 Å². The first-order valence-electron chi connectivity index (χ1n) is 18.6. The molecule has 0 radical (unpaired) electrons. The van der Waals surface area contributed by atoms with Gasteiger partial charge in [-0.1, -0.05) is 66.0 Å². The first-order valence-corrected chi connectivity index (χ1v) is 18.6. The quantitative estimate of drug-likeness (QED) is 0.257. The van der Waals surface area contributed by atoms with E-state index < -0.39 is 0 Å². The number of likely N-dealkylation sites (tertiary alicyclic amines) is 1. The summed E-state index contributed by atoms with van der Waals surface area (Å²) in [6, 6.07) is 0. The second-order valence-corrected chi connectivity index (χ2v) is 18.8. The minimum absolute atomic E-state index is 0.213. The normalized spacial score (nSPS) is 47.0. The van der Waals surface area contributed by atoms with E-state index in [1.807, 2.05) is 0 Å². The summed E-state index contributed by atoms with van der Waals surface area (Å²) in [7, 11) is 0. The summed E-state index contributed by atoms with van der Waals surface area (Å²) < 4.78 is 5.92. The number of ether oxygens (including phenoxy) is 1. The van der Waals surface area contributed by atoms with Gasteiger partial charge in [0.2, 0.25) is 5.91 Å². The van der Waals surface area contributed by atoms with E-state index in [0.29, 0.717) is 28.3 Å². The van der Waals surface area contributed by atoms with Crippen LogP contribution in [0.4, 0.5) is 0 Å². The van der Waals surface area contributed by atoms with Gasteiger partial charge in [-0.2, -0.15) is 0 Å². The molecule has 7 aliphatic rings. The molecule has 4 nitrogen and oxygen atoms in total. The zero-order chi connectivity index (χ0) is 30.5. The molecule has 242 valence electrons. The van der Waals surface area contributed by atoms with E-state index in [-0.39, 0.29) is 16.2 Å². The second kappa shape index (κ2) is 10.3. The molecule has 2 heterocycles. The number of allylic oxidation sites excluding steroid dienone is 1. The van der Waals surface area contributed by atoms with Gasteiger partial charge in [0.25, 0.3) is 0 Å². The van der Waals surface area contributed by atoms with Crippen LogP contribution in [0.1, 0.15) is 138 Å². The zero-order valence-corrected chi connectivity index (χ0v) is 29.0. The van der Waals surface area contributed by atoms with Gasteiger partial charge in [0.1, 0.15) is 0 Å². The Hall–Kier alpha value is -0.870. The maximum atomic E-state index is 14.4. The molecule has 0 aromatic carbocycles. The molecule has 6 fully saturated rings. The molecule has 4 heteroatoms. The van der Waals surface area contributed by atoms with Gasteiger partial charge in [0.05, 0.1) is 18.1 Å². The summed E-state index contributed by atoms with van der Waals surface area (Å²) >= 11 is 0. The number of nitrogens with one attached hydrogen (secondary N) is 1. The van der Waals surface area contributed by atoms with Gasteiger partial charge < -0.3 is 15.0 Å². The third kappa shape index (κ3) is 4.59. The molecule has 0 spiro atoms. The molecule has 0 aromatic heterocycles. The highest BCUT2D eigenvalue weighted by Gasteiger charge is 2.68. The molecule has 1 amide bonds. The fourth-order valence-electron chi connectivity index (χ4n) is 13.3. The summed E-state index contributed by atoms with van der Waals surface area (Å²) in [4.78, 5) is 16.9.